The Morgan fingerprint density at radius 1 is 1.39 bits per heavy atom. The van der Waals surface area contributed by atoms with E-state index in [1.54, 1.807) is 13.4 Å². The molecule has 18 heavy (non-hydrogen) atoms. The molecule has 0 spiro atoms. The van der Waals surface area contributed by atoms with Crippen molar-refractivity contribution < 1.29 is 9.84 Å². The Balaban J connectivity index is 2.48. The Kier molecular flexibility index (Phi) is 6.29. The Hall–Kier alpha value is -0.940. The van der Waals surface area contributed by atoms with Crippen LogP contribution in [-0.2, 0) is 17.7 Å². The van der Waals surface area contributed by atoms with Crippen LogP contribution >= 0.6 is 0 Å². The topological polar surface area (TPSA) is 60.2 Å². The van der Waals surface area contributed by atoms with Crippen molar-refractivity contribution in [2.24, 2.45) is 11.8 Å². The highest BCUT2D eigenvalue weighted by molar-refractivity contribution is 4.88. The first kappa shape index (κ1) is 15.1. The van der Waals surface area contributed by atoms with E-state index in [1.165, 1.54) is 0 Å². The van der Waals surface area contributed by atoms with Crippen LogP contribution in [0.4, 0.5) is 0 Å². The van der Waals surface area contributed by atoms with Crippen LogP contribution in [0.5, 0.6) is 0 Å². The number of aliphatic hydroxyl groups is 1. The fourth-order valence-electron chi connectivity index (χ4n) is 2.06. The summed E-state index contributed by atoms with van der Waals surface area (Å²) in [4.78, 5) is 4.22. The first-order chi connectivity index (χ1) is 8.52. The molecule has 0 aromatic carbocycles. The van der Waals surface area contributed by atoms with Gasteiger partial charge in [-0.15, -0.1) is 0 Å². The summed E-state index contributed by atoms with van der Waals surface area (Å²) in [7, 11) is 1.68. The smallest absolute Gasteiger partial charge is 0.138 e. The standard InChI is InChI=1S/C13H25N3O2/c1-10(2)7-16-13(14-9-15-16)6-12(17)5-11(3)8-18-4/h9-12,17H,5-8H2,1-4H3. The molecule has 1 heterocycles. The molecule has 0 aliphatic carbocycles. The lowest BCUT2D eigenvalue weighted by Crippen LogP contribution is -2.20. The summed E-state index contributed by atoms with van der Waals surface area (Å²) in [6, 6.07) is 0. The molecular formula is C13H25N3O2. The molecule has 2 atom stereocenters. The van der Waals surface area contributed by atoms with Gasteiger partial charge in [0.15, 0.2) is 0 Å². The van der Waals surface area contributed by atoms with Gasteiger partial charge in [0.1, 0.15) is 12.2 Å². The summed E-state index contributed by atoms with van der Waals surface area (Å²) in [6.07, 6.45) is 2.46. The van der Waals surface area contributed by atoms with E-state index in [9.17, 15) is 5.11 Å². The largest absolute Gasteiger partial charge is 0.393 e. The Bertz CT molecular complexity index is 339. The molecule has 2 unspecified atom stereocenters. The molecule has 0 radical (unpaired) electrons. The predicted octanol–water partition coefficient (Wildman–Crippen LogP) is 1.51. The normalized spacial score (nSPS) is 15.0. The van der Waals surface area contributed by atoms with Gasteiger partial charge >= 0.3 is 0 Å². The van der Waals surface area contributed by atoms with E-state index in [2.05, 4.69) is 30.9 Å². The van der Waals surface area contributed by atoms with Crippen molar-refractivity contribution in [3.05, 3.63) is 12.2 Å². The van der Waals surface area contributed by atoms with Crippen molar-refractivity contribution in [2.45, 2.75) is 46.3 Å². The van der Waals surface area contributed by atoms with Crippen molar-refractivity contribution in [1.82, 2.24) is 14.8 Å². The van der Waals surface area contributed by atoms with E-state index in [0.29, 0.717) is 24.9 Å². The second kappa shape index (κ2) is 7.48. The molecule has 104 valence electrons. The molecule has 0 amide bonds. The molecule has 0 aliphatic rings. The second-order valence-corrected chi connectivity index (χ2v) is 5.41. The lowest BCUT2D eigenvalue weighted by molar-refractivity contribution is 0.0996. The van der Waals surface area contributed by atoms with Gasteiger partial charge in [0.05, 0.1) is 6.10 Å². The van der Waals surface area contributed by atoms with Crippen molar-refractivity contribution in [2.75, 3.05) is 13.7 Å². The second-order valence-electron chi connectivity index (χ2n) is 5.41. The Morgan fingerprint density at radius 3 is 2.72 bits per heavy atom. The maximum absolute atomic E-state index is 10.0. The number of ether oxygens (including phenoxy) is 1. The van der Waals surface area contributed by atoms with Crippen LogP contribution in [0.15, 0.2) is 6.33 Å². The van der Waals surface area contributed by atoms with Gasteiger partial charge in [-0.25, -0.2) is 9.67 Å². The fraction of sp³-hybridized carbons (Fsp3) is 0.846. The summed E-state index contributed by atoms with van der Waals surface area (Å²) >= 11 is 0. The number of aliphatic hydroxyl groups excluding tert-OH is 1. The van der Waals surface area contributed by atoms with Crippen LogP contribution in [-0.4, -0.2) is 39.7 Å². The van der Waals surface area contributed by atoms with Crippen LogP contribution in [0.25, 0.3) is 0 Å². The molecule has 0 fully saturated rings. The van der Waals surface area contributed by atoms with Crippen molar-refractivity contribution in [3.8, 4) is 0 Å². The molecular weight excluding hydrogens is 230 g/mol. The van der Waals surface area contributed by atoms with Crippen LogP contribution in [0, 0.1) is 11.8 Å². The van der Waals surface area contributed by atoms with Crippen molar-refractivity contribution in [1.29, 1.82) is 0 Å². The summed E-state index contributed by atoms with van der Waals surface area (Å²) in [5.74, 6) is 1.74. The molecule has 0 aliphatic heterocycles. The van der Waals surface area contributed by atoms with Crippen molar-refractivity contribution >= 4 is 0 Å². The zero-order chi connectivity index (χ0) is 13.5. The number of aromatic nitrogens is 3. The molecule has 5 heteroatoms. The van der Waals surface area contributed by atoms with Gasteiger partial charge < -0.3 is 9.84 Å². The summed E-state index contributed by atoms with van der Waals surface area (Å²) in [5, 5.41) is 14.2. The lowest BCUT2D eigenvalue weighted by Gasteiger charge is -2.16. The molecule has 5 nitrogen and oxygen atoms in total. The average Bonchev–Trinajstić information content (AvgIpc) is 2.64. The summed E-state index contributed by atoms with van der Waals surface area (Å²) < 4.78 is 6.96. The van der Waals surface area contributed by atoms with Gasteiger partial charge in [0, 0.05) is 26.7 Å². The average molecular weight is 255 g/mol. The highest BCUT2D eigenvalue weighted by Crippen LogP contribution is 2.11. The van der Waals surface area contributed by atoms with Gasteiger partial charge in [-0.1, -0.05) is 20.8 Å². The monoisotopic (exact) mass is 255 g/mol. The maximum atomic E-state index is 10.0. The van der Waals surface area contributed by atoms with Crippen molar-refractivity contribution in [3.63, 3.8) is 0 Å². The fourth-order valence-corrected chi connectivity index (χ4v) is 2.06. The summed E-state index contributed by atoms with van der Waals surface area (Å²) in [5.41, 5.74) is 0. The lowest BCUT2D eigenvalue weighted by atomic mass is 10.0. The number of methoxy groups -OCH3 is 1. The molecule has 0 saturated carbocycles. The molecule has 0 bridgehead atoms. The minimum atomic E-state index is -0.384. The zero-order valence-corrected chi connectivity index (χ0v) is 11.8. The number of nitrogens with zero attached hydrogens (tertiary/aromatic N) is 3. The quantitative estimate of drug-likeness (QED) is 0.765. The molecule has 1 N–H and O–H groups in total. The number of hydrogen-bond acceptors (Lipinski definition) is 4. The van der Waals surface area contributed by atoms with E-state index in [1.807, 2.05) is 4.68 Å². The van der Waals surface area contributed by atoms with Gasteiger partial charge in [-0.3, -0.25) is 0 Å². The number of rotatable bonds is 8. The first-order valence-corrected chi connectivity index (χ1v) is 6.56. The highest BCUT2D eigenvalue weighted by atomic mass is 16.5. The van der Waals surface area contributed by atoms with Crippen LogP contribution in [0.2, 0.25) is 0 Å². The molecule has 1 aromatic rings. The summed E-state index contributed by atoms with van der Waals surface area (Å²) in [6.45, 7) is 7.88. The SMILES string of the molecule is COCC(C)CC(O)Cc1ncnn1CC(C)C. The third-order valence-corrected chi connectivity index (χ3v) is 2.78. The van der Waals surface area contributed by atoms with E-state index in [4.69, 9.17) is 4.74 Å². The van der Waals surface area contributed by atoms with Gasteiger partial charge in [-0.2, -0.15) is 5.10 Å². The minimum absolute atomic E-state index is 0.353. The van der Waals surface area contributed by atoms with Gasteiger partial charge in [-0.05, 0) is 18.3 Å². The first-order valence-electron chi connectivity index (χ1n) is 6.56. The van der Waals surface area contributed by atoms with Gasteiger partial charge in [0.25, 0.3) is 0 Å². The van der Waals surface area contributed by atoms with E-state index in [-0.39, 0.29) is 6.10 Å². The van der Waals surface area contributed by atoms with Crippen LogP contribution < -0.4 is 0 Å². The molecule has 1 aromatic heterocycles. The minimum Gasteiger partial charge on any atom is -0.393 e. The Labute approximate surface area is 109 Å². The van der Waals surface area contributed by atoms with E-state index < -0.39 is 0 Å². The van der Waals surface area contributed by atoms with E-state index >= 15 is 0 Å². The third kappa shape index (κ3) is 5.14. The zero-order valence-electron chi connectivity index (χ0n) is 11.8. The highest BCUT2D eigenvalue weighted by Gasteiger charge is 2.15. The maximum Gasteiger partial charge on any atom is 0.138 e. The molecule has 0 saturated heterocycles. The Morgan fingerprint density at radius 2 is 2.11 bits per heavy atom. The number of hydrogen-bond donors (Lipinski definition) is 1. The third-order valence-electron chi connectivity index (χ3n) is 2.78. The van der Waals surface area contributed by atoms with Crippen LogP contribution in [0.3, 0.4) is 0 Å². The van der Waals surface area contributed by atoms with Crippen LogP contribution in [0.1, 0.15) is 33.0 Å². The predicted molar refractivity (Wildman–Crippen MR) is 70.2 cm³/mol. The van der Waals surface area contributed by atoms with Gasteiger partial charge in [0.2, 0.25) is 0 Å². The molecule has 1 rings (SSSR count). The van der Waals surface area contributed by atoms with E-state index in [0.717, 1.165) is 18.8 Å².